The van der Waals surface area contributed by atoms with E-state index < -0.39 is 5.97 Å². The highest BCUT2D eigenvalue weighted by Gasteiger charge is 2.49. The second-order valence-corrected chi connectivity index (χ2v) is 8.99. The Bertz CT molecular complexity index is 1090. The van der Waals surface area contributed by atoms with Crippen LogP contribution in [0.25, 0.3) is 0 Å². The van der Waals surface area contributed by atoms with Crippen LogP contribution in [0.1, 0.15) is 58.0 Å². The number of nitrogens with zero attached hydrogens (tertiary/aromatic N) is 1. The van der Waals surface area contributed by atoms with E-state index >= 15 is 0 Å². The summed E-state index contributed by atoms with van der Waals surface area (Å²) in [5.74, 6) is -1.25. The molecule has 0 aromatic heterocycles. The van der Waals surface area contributed by atoms with Gasteiger partial charge in [-0.3, -0.25) is 19.3 Å². The van der Waals surface area contributed by atoms with Crippen LogP contribution in [-0.2, 0) is 14.3 Å². The van der Waals surface area contributed by atoms with Crippen LogP contribution in [0.3, 0.4) is 0 Å². The molecule has 1 heterocycles. The molecule has 2 fully saturated rings. The lowest BCUT2D eigenvalue weighted by molar-refractivity contribution is -0.122. The molecule has 2 amide bonds. The number of amides is 2. The number of hydrogen-bond acceptors (Lipinski definition) is 5. The number of aryl methyl sites for hydroxylation is 2. The van der Waals surface area contributed by atoms with Gasteiger partial charge in [0.15, 0.2) is 12.4 Å². The Morgan fingerprint density at radius 2 is 1.56 bits per heavy atom. The smallest absolute Gasteiger partial charge is 0.338 e. The van der Waals surface area contributed by atoms with Crippen LogP contribution in [0.15, 0.2) is 42.5 Å². The van der Waals surface area contributed by atoms with Crippen molar-refractivity contribution in [2.24, 2.45) is 17.8 Å². The number of ketones is 1. The fourth-order valence-corrected chi connectivity index (χ4v) is 4.60. The Morgan fingerprint density at radius 1 is 0.906 bits per heavy atom. The van der Waals surface area contributed by atoms with E-state index in [2.05, 4.69) is 6.92 Å². The Kier molecular flexibility index (Phi) is 5.96. The lowest BCUT2D eigenvalue weighted by Gasteiger charge is -2.25. The number of hydrogen-bond donors (Lipinski definition) is 0. The Balaban J connectivity index is 1.40. The Hall–Kier alpha value is -3.28. The van der Waals surface area contributed by atoms with E-state index in [9.17, 15) is 19.2 Å². The van der Waals surface area contributed by atoms with E-state index in [4.69, 9.17) is 4.74 Å². The number of rotatable bonds is 5. The number of imide groups is 1. The van der Waals surface area contributed by atoms with E-state index in [0.29, 0.717) is 17.2 Å². The maximum absolute atomic E-state index is 12.8. The zero-order valence-electron chi connectivity index (χ0n) is 18.6. The lowest BCUT2D eigenvalue weighted by atomic mass is 9.76. The van der Waals surface area contributed by atoms with E-state index in [-0.39, 0.29) is 41.6 Å². The number of ether oxygens (including phenoxy) is 1. The quantitative estimate of drug-likeness (QED) is 0.400. The SMILES string of the molecule is Cc1ccc(C(=O)COC(=O)c2ccc(N3C(=O)[C@H]4C[C@@H](C)CC[C@H]4C3=O)cc2)cc1C. The van der Waals surface area contributed by atoms with Crippen LogP contribution in [0.4, 0.5) is 5.69 Å². The van der Waals surface area contributed by atoms with Gasteiger partial charge in [0.05, 0.1) is 23.1 Å². The predicted molar refractivity (Wildman–Crippen MR) is 119 cm³/mol. The van der Waals surface area contributed by atoms with E-state index in [1.165, 1.54) is 17.0 Å². The van der Waals surface area contributed by atoms with Gasteiger partial charge >= 0.3 is 5.97 Å². The zero-order chi connectivity index (χ0) is 23.0. The monoisotopic (exact) mass is 433 g/mol. The molecule has 166 valence electrons. The molecule has 1 aliphatic carbocycles. The van der Waals surface area contributed by atoms with Gasteiger partial charge < -0.3 is 4.74 Å². The number of fused-ring (bicyclic) bond motifs is 1. The second kappa shape index (κ2) is 8.69. The van der Waals surface area contributed by atoms with Gasteiger partial charge in [0, 0.05) is 5.56 Å². The van der Waals surface area contributed by atoms with Gasteiger partial charge in [-0.15, -0.1) is 0 Å². The molecule has 2 aromatic rings. The van der Waals surface area contributed by atoms with Crippen molar-refractivity contribution in [2.75, 3.05) is 11.5 Å². The van der Waals surface area contributed by atoms with Crippen molar-refractivity contribution in [1.29, 1.82) is 0 Å². The molecule has 2 aliphatic rings. The summed E-state index contributed by atoms with van der Waals surface area (Å²) in [5, 5.41) is 0. The van der Waals surface area contributed by atoms with Crippen LogP contribution in [-0.4, -0.2) is 30.2 Å². The number of esters is 1. The summed E-state index contributed by atoms with van der Waals surface area (Å²) in [6.07, 6.45) is 2.44. The number of carbonyl (C=O) groups excluding carboxylic acids is 4. The van der Waals surface area contributed by atoms with Crippen molar-refractivity contribution in [3.8, 4) is 0 Å². The van der Waals surface area contributed by atoms with E-state index in [1.807, 2.05) is 19.9 Å². The molecular formula is C26H27NO5. The summed E-state index contributed by atoms with van der Waals surface area (Å²) in [7, 11) is 0. The molecule has 1 saturated heterocycles. The third-order valence-corrected chi connectivity index (χ3v) is 6.71. The molecule has 4 rings (SSSR count). The van der Waals surface area contributed by atoms with Gasteiger partial charge in [-0.25, -0.2) is 4.79 Å². The Morgan fingerprint density at radius 3 is 2.25 bits per heavy atom. The van der Waals surface area contributed by atoms with Crippen LogP contribution in [0, 0.1) is 31.6 Å². The molecule has 0 radical (unpaired) electrons. The van der Waals surface area contributed by atoms with Crippen LogP contribution < -0.4 is 4.90 Å². The summed E-state index contributed by atoms with van der Waals surface area (Å²) in [6.45, 7) is 5.64. The molecule has 32 heavy (non-hydrogen) atoms. The summed E-state index contributed by atoms with van der Waals surface area (Å²) >= 11 is 0. The summed E-state index contributed by atoms with van der Waals surface area (Å²) in [4.78, 5) is 51.6. The third-order valence-electron chi connectivity index (χ3n) is 6.71. The molecule has 1 aliphatic heterocycles. The van der Waals surface area contributed by atoms with Gasteiger partial charge in [0.2, 0.25) is 11.8 Å². The highest BCUT2D eigenvalue weighted by Crippen LogP contribution is 2.42. The molecule has 1 saturated carbocycles. The highest BCUT2D eigenvalue weighted by molar-refractivity contribution is 6.22. The zero-order valence-corrected chi connectivity index (χ0v) is 18.6. The van der Waals surface area contributed by atoms with Gasteiger partial charge in [-0.05, 0) is 80.5 Å². The van der Waals surface area contributed by atoms with Crippen molar-refractivity contribution < 1.29 is 23.9 Å². The molecule has 0 unspecified atom stereocenters. The number of carbonyl (C=O) groups is 4. The molecule has 6 nitrogen and oxygen atoms in total. The van der Waals surface area contributed by atoms with Crippen LogP contribution in [0.2, 0.25) is 0 Å². The lowest BCUT2D eigenvalue weighted by Crippen LogP contribution is -2.30. The molecular weight excluding hydrogens is 406 g/mol. The van der Waals surface area contributed by atoms with Gasteiger partial charge in [0.1, 0.15) is 0 Å². The van der Waals surface area contributed by atoms with Crippen molar-refractivity contribution in [3.63, 3.8) is 0 Å². The summed E-state index contributed by atoms with van der Waals surface area (Å²) in [5.41, 5.74) is 3.30. The Labute approximate surface area is 187 Å². The minimum Gasteiger partial charge on any atom is -0.454 e. The molecule has 2 aromatic carbocycles. The normalized spacial score (nSPS) is 22.6. The molecule has 0 spiro atoms. The first-order valence-corrected chi connectivity index (χ1v) is 11.0. The fraction of sp³-hybridized carbons (Fsp3) is 0.385. The van der Waals surface area contributed by atoms with Crippen molar-refractivity contribution in [1.82, 2.24) is 0 Å². The first-order chi connectivity index (χ1) is 15.3. The van der Waals surface area contributed by atoms with E-state index in [1.54, 1.807) is 24.3 Å². The van der Waals surface area contributed by atoms with Crippen molar-refractivity contribution >= 4 is 29.3 Å². The van der Waals surface area contributed by atoms with E-state index in [0.717, 1.165) is 30.4 Å². The van der Waals surface area contributed by atoms with Crippen molar-refractivity contribution in [2.45, 2.75) is 40.0 Å². The van der Waals surface area contributed by atoms with Gasteiger partial charge in [0.25, 0.3) is 0 Å². The predicted octanol–water partition coefficient (Wildman–Crippen LogP) is 4.27. The standard InChI is InChI=1S/C26H27NO5/c1-15-4-11-21-22(12-15)25(30)27(24(21)29)20-9-7-18(8-10-20)26(31)32-14-23(28)19-6-5-16(2)17(3)13-19/h5-10,13,15,21-22H,4,11-12,14H2,1-3H3/t15-,21+,22-/m0/s1. The highest BCUT2D eigenvalue weighted by atomic mass is 16.5. The van der Waals surface area contributed by atoms with Crippen molar-refractivity contribution in [3.05, 3.63) is 64.7 Å². The number of anilines is 1. The second-order valence-electron chi connectivity index (χ2n) is 8.99. The maximum atomic E-state index is 12.8. The fourth-order valence-electron chi connectivity index (χ4n) is 4.60. The number of benzene rings is 2. The van der Waals surface area contributed by atoms with Crippen LogP contribution >= 0.6 is 0 Å². The van der Waals surface area contributed by atoms with Crippen LogP contribution in [0.5, 0.6) is 0 Å². The van der Waals surface area contributed by atoms with Gasteiger partial charge in [-0.2, -0.15) is 0 Å². The first-order valence-electron chi connectivity index (χ1n) is 11.0. The first kappa shape index (κ1) is 21.9. The molecule has 6 heteroatoms. The summed E-state index contributed by atoms with van der Waals surface area (Å²) < 4.78 is 5.18. The topological polar surface area (TPSA) is 80.8 Å². The summed E-state index contributed by atoms with van der Waals surface area (Å²) in [6, 6.07) is 11.6. The molecule has 0 N–H and O–H groups in total. The number of Topliss-reactive ketones (excluding diaryl/α,β-unsaturated/α-hetero) is 1. The average Bonchev–Trinajstić information content (AvgIpc) is 3.03. The third kappa shape index (κ3) is 4.09. The minimum absolute atomic E-state index is 0.152. The minimum atomic E-state index is -0.629. The molecule has 0 bridgehead atoms. The molecule has 3 atom stereocenters. The largest absolute Gasteiger partial charge is 0.454 e. The average molecular weight is 434 g/mol. The maximum Gasteiger partial charge on any atom is 0.338 e. The van der Waals surface area contributed by atoms with Gasteiger partial charge in [-0.1, -0.05) is 19.1 Å².